The molecule has 4 heteroatoms. The van der Waals surface area contributed by atoms with Gasteiger partial charge in [0.05, 0.1) is 11.4 Å². The van der Waals surface area contributed by atoms with E-state index in [1.54, 1.807) is 12.1 Å². The van der Waals surface area contributed by atoms with E-state index >= 15 is 0 Å². The number of fused-ring (bicyclic) bond motifs is 3. The molecule has 0 amide bonds. The monoisotopic (exact) mass is 568 g/mol. The Morgan fingerprint density at radius 3 is 1.70 bits per heavy atom. The van der Waals surface area contributed by atoms with Crippen LogP contribution < -0.4 is 0 Å². The average Bonchev–Trinajstić information content (AvgIpc) is 3.47. The van der Waals surface area contributed by atoms with E-state index in [1.807, 2.05) is 66.7 Å². The van der Waals surface area contributed by atoms with Gasteiger partial charge in [-0.1, -0.05) is 84.9 Å². The normalized spacial score (nSPS) is 11.3. The number of rotatable bonds is 5. The van der Waals surface area contributed by atoms with Gasteiger partial charge in [0.2, 0.25) is 0 Å². The van der Waals surface area contributed by atoms with E-state index in [4.69, 9.17) is 14.4 Å². The molecular formula is C40H25FN2O. The molecule has 2 heterocycles. The lowest BCUT2D eigenvalue weighted by molar-refractivity contribution is 0.628. The van der Waals surface area contributed by atoms with E-state index in [0.717, 1.165) is 72.3 Å². The number of hydrogen-bond donors (Lipinski definition) is 0. The van der Waals surface area contributed by atoms with Crippen LogP contribution in [0, 0.1) is 5.82 Å². The Balaban J connectivity index is 1.35. The van der Waals surface area contributed by atoms with E-state index in [-0.39, 0.29) is 5.82 Å². The molecule has 0 bridgehead atoms. The summed E-state index contributed by atoms with van der Waals surface area (Å²) in [5, 5.41) is 2.17. The Morgan fingerprint density at radius 1 is 0.386 bits per heavy atom. The summed E-state index contributed by atoms with van der Waals surface area (Å²) < 4.78 is 19.9. The molecule has 2 aromatic heterocycles. The zero-order valence-electron chi connectivity index (χ0n) is 23.6. The van der Waals surface area contributed by atoms with Crippen molar-refractivity contribution >= 4 is 21.9 Å². The predicted molar refractivity (Wildman–Crippen MR) is 176 cm³/mol. The van der Waals surface area contributed by atoms with Crippen LogP contribution in [0.4, 0.5) is 4.39 Å². The molecule has 0 saturated carbocycles. The molecule has 8 aromatic rings. The zero-order valence-corrected chi connectivity index (χ0v) is 23.6. The van der Waals surface area contributed by atoms with Crippen molar-refractivity contribution in [2.24, 2.45) is 0 Å². The standard InChI is InChI=1S/C40H25FN2O/c41-33-18-15-27(16-19-33)36-25-37(43-40(42-36)28-11-5-2-6-12-28)32-22-30(26-9-3-1-4-10-26)21-31(23-32)29-17-20-39-35(24-29)34-13-7-8-14-38(34)44-39/h1-25H. The van der Waals surface area contributed by atoms with Crippen molar-refractivity contribution < 1.29 is 8.81 Å². The Morgan fingerprint density at radius 2 is 0.955 bits per heavy atom. The lowest BCUT2D eigenvalue weighted by Crippen LogP contribution is -1.96. The fourth-order valence-electron chi connectivity index (χ4n) is 5.73. The van der Waals surface area contributed by atoms with Crippen LogP contribution in [0.25, 0.3) is 78.1 Å². The SMILES string of the molecule is Fc1ccc(-c2cc(-c3cc(-c4ccccc4)cc(-c4ccc5oc6ccccc6c5c4)c3)nc(-c3ccccc3)n2)cc1. The van der Waals surface area contributed by atoms with E-state index < -0.39 is 0 Å². The fourth-order valence-corrected chi connectivity index (χ4v) is 5.73. The van der Waals surface area contributed by atoms with Crippen molar-refractivity contribution in [2.45, 2.75) is 0 Å². The summed E-state index contributed by atoms with van der Waals surface area (Å²) >= 11 is 0. The van der Waals surface area contributed by atoms with Crippen molar-refractivity contribution in [3.8, 4) is 56.2 Å². The number of hydrogen-bond acceptors (Lipinski definition) is 3. The Labute approximate surface area is 253 Å². The maximum atomic E-state index is 13.8. The second-order valence-electron chi connectivity index (χ2n) is 10.8. The first-order valence-electron chi connectivity index (χ1n) is 14.5. The first kappa shape index (κ1) is 25.8. The molecule has 8 rings (SSSR count). The maximum absolute atomic E-state index is 13.8. The summed E-state index contributed by atoms with van der Waals surface area (Å²) in [5.41, 5.74) is 10.3. The molecule has 0 aliphatic heterocycles. The highest BCUT2D eigenvalue weighted by Crippen LogP contribution is 2.37. The highest BCUT2D eigenvalue weighted by atomic mass is 19.1. The lowest BCUT2D eigenvalue weighted by Gasteiger charge is -2.13. The number of aromatic nitrogens is 2. The maximum Gasteiger partial charge on any atom is 0.160 e. The van der Waals surface area contributed by atoms with Gasteiger partial charge in [-0.05, 0) is 89.0 Å². The van der Waals surface area contributed by atoms with Crippen LogP contribution in [0.5, 0.6) is 0 Å². The van der Waals surface area contributed by atoms with Gasteiger partial charge in [0.15, 0.2) is 5.82 Å². The number of nitrogens with zero attached hydrogens (tertiary/aromatic N) is 2. The third-order valence-corrected chi connectivity index (χ3v) is 7.94. The smallest absolute Gasteiger partial charge is 0.160 e. The van der Waals surface area contributed by atoms with Gasteiger partial charge in [0.1, 0.15) is 17.0 Å². The van der Waals surface area contributed by atoms with Gasteiger partial charge < -0.3 is 4.42 Å². The minimum absolute atomic E-state index is 0.283. The molecule has 0 atom stereocenters. The van der Waals surface area contributed by atoms with Gasteiger partial charge in [-0.2, -0.15) is 0 Å². The molecular weight excluding hydrogens is 543 g/mol. The van der Waals surface area contributed by atoms with Crippen LogP contribution in [0.2, 0.25) is 0 Å². The van der Waals surface area contributed by atoms with Gasteiger partial charge in [0.25, 0.3) is 0 Å². The van der Waals surface area contributed by atoms with Crippen LogP contribution in [0.1, 0.15) is 0 Å². The third kappa shape index (κ3) is 4.83. The highest BCUT2D eigenvalue weighted by molar-refractivity contribution is 6.06. The molecule has 0 spiro atoms. The lowest BCUT2D eigenvalue weighted by atomic mass is 9.94. The van der Waals surface area contributed by atoms with Gasteiger partial charge >= 0.3 is 0 Å². The van der Waals surface area contributed by atoms with Crippen LogP contribution in [-0.2, 0) is 0 Å². The molecule has 208 valence electrons. The largest absolute Gasteiger partial charge is 0.456 e. The molecule has 0 N–H and O–H groups in total. The predicted octanol–water partition coefficient (Wildman–Crippen LogP) is 10.9. The van der Waals surface area contributed by atoms with E-state index in [9.17, 15) is 4.39 Å². The summed E-state index contributed by atoms with van der Waals surface area (Å²) in [5.74, 6) is 0.328. The molecule has 0 unspecified atom stereocenters. The second-order valence-corrected chi connectivity index (χ2v) is 10.8. The van der Waals surface area contributed by atoms with Crippen molar-refractivity contribution in [2.75, 3.05) is 0 Å². The van der Waals surface area contributed by atoms with Crippen LogP contribution in [0.3, 0.4) is 0 Å². The van der Waals surface area contributed by atoms with Gasteiger partial charge in [-0.25, -0.2) is 14.4 Å². The molecule has 0 aliphatic carbocycles. The Kier molecular flexibility index (Phi) is 6.31. The summed E-state index contributed by atoms with van der Waals surface area (Å²) in [6.07, 6.45) is 0. The van der Waals surface area contributed by atoms with Gasteiger partial charge in [-0.15, -0.1) is 0 Å². The molecule has 0 fully saturated rings. The Bertz CT molecular complexity index is 2270. The molecule has 6 aromatic carbocycles. The quantitative estimate of drug-likeness (QED) is 0.207. The summed E-state index contributed by atoms with van der Waals surface area (Å²) in [6.45, 7) is 0. The third-order valence-electron chi connectivity index (χ3n) is 7.94. The highest BCUT2D eigenvalue weighted by Gasteiger charge is 2.15. The summed E-state index contributed by atoms with van der Waals surface area (Å²) in [7, 11) is 0. The first-order valence-corrected chi connectivity index (χ1v) is 14.5. The van der Waals surface area contributed by atoms with Gasteiger partial charge in [0, 0.05) is 27.5 Å². The van der Waals surface area contributed by atoms with Crippen LogP contribution in [-0.4, -0.2) is 9.97 Å². The van der Waals surface area contributed by atoms with E-state index in [2.05, 4.69) is 60.7 Å². The molecule has 3 nitrogen and oxygen atoms in total. The molecule has 0 saturated heterocycles. The molecule has 44 heavy (non-hydrogen) atoms. The van der Waals surface area contributed by atoms with Crippen molar-refractivity contribution in [3.05, 3.63) is 157 Å². The first-order chi connectivity index (χ1) is 21.7. The number of para-hydroxylation sites is 1. The summed E-state index contributed by atoms with van der Waals surface area (Å²) in [6, 6.07) is 49.8. The van der Waals surface area contributed by atoms with E-state index in [0.29, 0.717) is 5.82 Å². The minimum Gasteiger partial charge on any atom is -0.456 e. The summed E-state index contributed by atoms with van der Waals surface area (Å²) in [4.78, 5) is 9.97. The number of benzene rings is 6. The fraction of sp³-hybridized carbons (Fsp3) is 0. The molecule has 0 radical (unpaired) electrons. The van der Waals surface area contributed by atoms with Crippen LogP contribution >= 0.6 is 0 Å². The minimum atomic E-state index is -0.283. The number of halogens is 1. The second kappa shape index (κ2) is 10.8. The number of furan rings is 1. The Hall–Kier alpha value is -5.87. The zero-order chi connectivity index (χ0) is 29.5. The van der Waals surface area contributed by atoms with Crippen molar-refractivity contribution in [1.29, 1.82) is 0 Å². The van der Waals surface area contributed by atoms with Crippen LogP contribution in [0.15, 0.2) is 156 Å². The average molecular weight is 569 g/mol. The van der Waals surface area contributed by atoms with Gasteiger partial charge in [-0.3, -0.25) is 0 Å². The van der Waals surface area contributed by atoms with E-state index in [1.165, 1.54) is 12.1 Å². The topological polar surface area (TPSA) is 38.9 Å². The molecule has 0 aliphatic rings. The van der Waals surface area contributed by atoms with Crippen molar-refractivity contribution in [1.82, 2.24) is 9.97 Å². The van der Waals surface area contributed by atoms with Crippen molar-refractivity contribution in [3.63, 3.8) is 0 Å².